The molecule has 1 aromatic rings. The van der Waals surface area contributed by atoms with Crippen molar-refractivity contribution in [2.75, 3.05) is 0 Å². The molecule has 0 N–H and O–H groups in total. The van der Waals surface area contributed by atoms with Crippen LogP contribution in [0, 0.1) is 11.8 Å². The molecule has 0 fully saturated rings. The molecule has 23 heavy (non-hydrogen) atoms. The monoisotopic (exact) mass is 310 g/mol. The summed E-state index contributed by atoms with van der Waals surface area (Å²) in [6, 6.07) is 6.93. The standard InChI is InChI=1S/C23H34/c1-8-19-10-9-11-21-17(6)22(18(7)23(19)21)14-20(16(4)5)13-12-15(2)3/h9-11,17-18,20,22H,2,4,8,12-14H2,1,3,5-7H3. The van der Waals surface area contributed by atoms with E-state index in [1.165, 1.54) is 24.0 Å². The fourth-order valence-corrected chi connectivity index (χ4v) is 4.49. The van der Waals surface area contributed by atoms with Crippen molar-refractivity contribution >= 4 is 0 Å². The Morgan fingerprint density at radius 3 is 2.39 bits per heavy atom. The minimum absolute atomic E-state index is 0.626. The van der Waals surface area contributed by atoms with Gasteiger partial charge in [-0.1, -0.05) is 56.7 Å². The molecule has 0 amide bonds. The summed E-state index contributed by atoms with van der Waals surface area (Å²) in [4.78, 5) is 0. The van der Waals surface area contributed by atoms with Gasteiger partial charge >= 0.3 is 0 Å². The minimum atomic E-state index is 0.626. The highest BCUT2D eigenvalue weighted by Crippen LogP contribution is 2.50. The van der Waals surface area contributed by atoms with Crippen LogP contribution in [-0.4, -0.2) is 0 Å². The van der Waals surface area contributed by atoms with E-state index in [-0.39, 0.29) is 0 Å². The second-order valence-electron chi connectivity index (χ2n) is 7.79. The number of hydrogen-bond acceptors (Lipinski definition) is 0. The van der Waals surface area contributed by atoms with Gasteiger partial charge in [0.05, 0.1) is 0 Å². The molecule has 1 aliphatic carbocycles. The van der Waals surface area contributed by atoms with E-state index in [4.69, 9.17) is 0 Å². The molecule has 0 radical (unpaired) electrons. The summed E-state index contributed by atoms with van der Waals surface area (Å²) in [5.41, 5.74) is 7.44. The van der Waals surface area contributed by atoms with E-state index in [0.717, 1.165) is 18.8 Å². The average Bonchev–Trinajstić information content (AvgIpc) is 2.75. The van der Waals surface area contributed by atoms with Gasteiger partial charge in [0.15, 0.2) is 0 Å². The molecule has 2 rings (SSSR count). The Morgan fingerprint density at radius 1 is 1.13 bits per heavy atom. The van der Waals surface area contributed by atoms with Crippen LogP contribution in [0.5, 0.6) is 0 Å². The third-order valence-corrected chi connectivity index (χ3v) is 6.01. The number of allylic oxidation sites excluding steroid dienone is 2. The van der Waals surface area contributed by atoms with Gasteiger partial charge in [0, 0.05) is 0 Å². The molecular formula is C23H34. The van der Waals surface area contributed by atoms with E-state index in [9.17, 15) is 0 Å². The second-order valence-corrected chi connectivity index (χ2v) is 7.79. The average molecular weight is 311 g/mol. The highest BCUT2D eigenvalue weighted by molar-refractivity contribution is 5.45. The van der Waals surface area contributed by atoms with Gasteiger partial charge in [-0.15, -0.1) is 6.58 Å². The minimum Gasteiger partial charge on any atom is -0.100 e. The lowest BCUT2D eigenvalue weighted by Gasteiger charge is -2.27. The van der Waals surface area contributed by atoms with Gasteiger partial charge in [-0.05, 0) is 79.9 Å². The first-order valence-corrected chi connectivity index (χ1v) is 9.28. The molecule has 0 heteroatoms. The maximum Gasteiger partial charge on any atom is -0.0151 e. The molecule has 126 valence electrons. The molecule has 1 aromatic carbocycles. The predicted octanol–water partition coefficient (Wildman–Crippen LogP) is 7.02. The van der Waals surface area contributed by atoms with Crippen LogP contribution in [0.4, 0.5) is 0 Å². The highest BCUT2D eigenvalue weighted by Gasteiger charge is 2.37. The Hall–Kier alpha value is -1.30. The van der Waals surface area contributed by atoms with Crippen molar-refractivity contribution in [3.8, 4) is 0 Å². The fourth-order valence-electron chi connectivity index (χ4n) is 4.49. The Labute approximate surface area is 143 Å². The Bertz CT molecular complexity index is 578. The number of benzene rings is 1. The van der Waals surface area contributed by atoms with Gasteiger partial charge in [-0.25, -0.2) is 0 Å². The van der Waals surface area contributed by atoms with Crippen LogP contribution >= 0.6 is 0 Å². The van der Waals surface area contributed by atoms with E-state index < -0.39 is 0 Å². The molecule has 0 aromatic heterocycles. The van der Waals surface area contributed by atoms with Gasteiger partial charge in [-0.3, -0.25) is 0 Å². The molecular weight excluding hydrogens is 276 g/mol. The van der Waals surface area contributed by atoms with Crippen molar-refractivity contribution in [2.24, 2.45) is 11.8 Å². The Morgan fingerprint density at radius 2 is 1.83 bits per heavy atom. The van der Waals surface area contributed by atoms with E-state index >= 15 is 0 Å². The molecule has 1 aliphatic rings. The second kappa shape index (κ2) is 7.51. The van der Waals surface area contributed by atoms with Crippen molar-refractivity contribution in [3.63, 3.8) is 0 Å². The van der Waals surface area contributed by atoms with Gasteiger partial charge in [0.25, 0.3) is 0 Å². The first kappa shape index (κ1) is 18.0. The van der Waals surface area contributed by atoms with Crippen LogP contribution in [0.1, 0.15) is 82.4 Å². The van der Waals surface area contributed by atoms with Crippen molar-refractivity contribution < 1.29 is 0 Å². The zero-order chi connectivity index (χ0) is 17.1. The summed E-state index contributed by atoms with van der Waals surface area (Å²) in [5, 5.41) is 0. The van der Waals surface area contributed by atoms with Crippen LogP contribution in [0.15, 0.2) is 42.5 Å². The lowest BCUT2D eigenvalue weighted by atomic mass is 9.77. The molecule has 0 spiro atoms. The Kier molecular flexibility index (Phi) is 5.89. The van der Waals surface area contributed by atoms with Gasteiger partial charge in [-0.2, -0.15) is 0 Å². The number of rotatable bonds is 7. The number of hydrogen-bond donors (Lipinski definition) is 0. The molecule has 0 saturated carbocycles. The Balaban J connectivity index is 2.20. The van der Waals surface area contributed by atoms with E-state index in [1.807, 2.05) is 0 Å². The van der Waals surface area contributed by atoms with Gasteiger partial charge in [0.2, 0.25) is 0 Å². The van der Waals surface area contributed by atoms with Gasteiger partial charge in [0.1, 0.15) is 0 Å². The summed E-state index contributed by atoms with van der Waals surface area (Å²) in [7, 11) is 0. The zero-order valence-corrected chi connectivity index (χ0v) is 15.8. The lowest BCUT2D eigenvalue weighted by Crippen LogP contribution is -2.15. The van der Waals surface area contributed by atoms with E-state index in [2.05, 4.69) is 66.0 Å². The maximum absolute atomic E-state index is 4.28. The first-order valence-electron chi connectivity index (χ1n) is 9.28. The molecule has 4 unspecified atom stereocenters. The summed E-state index contributed by atoms with van der Waals surface area (Å²) in [5.74, 6) is 2.70. The van der Waals surface area contributed by atoms with Crippen molar-refractivity contribution in [1.29, 1.82) is 0 Å². The highest BCUT2D eigenvalue weighted by atomic mass is 14.4. The van der Waals surface area contributed by atoms with Crippen LogP contribution in [0.3, 0.4) is 0 Å². The largest absolute Gasteiger partial charge is 0.100 e. The van der Waals surface area contributed by atoms with E-state index in [0.29, 0.717) is 17.8 Å². The summed E-state index contributed by atoms with van der Waals surface area (Å²) < 4.78 is 0. The predicted molar refractivity (Wildman–Crippen MR) is 103 cm³/mol. The first-order chi connectivity index (χ1) is 10.9. The summed E-state index contributed by atoms with van der Waals surface area (Å²) >= 11 is 0. The van der Waals surface area contributed by atoms with E-state index in [1.54, 1.807) is 16.7 Å². The SMILES string of the molecule is C=C(C)CCC(CC1C(C)c2cccc(CC)c2C1C)C(=C)C. The lowest BCUT2D eigenvalue weighted by molar-refractivity contribution is 0.330. The molecule has 0 heterocycles. The van der Waals surface area contributed by atoms with Crippen molar-refractivity contribution in [1.82, 2.24) is 0 Å². The van der Waals surface area contributed by atoms with Crippen LogP contribution < -0.4 is 0 Å². The summed E-state index contributed by atoms with van der Waals surface area (Å²) in [6.07, 6.45) is 4.74. The summed E-state index contributed by atoms with van der Waals surface area (Å²) in [6.45, 7) is 19.9. The van der Waals surface area contributed by atoms with Crippen molar-refractivity contribution in [2.45, 2.75) is 72.1 Å². The molecule has 0 nitrogen and oxygen atoms in total. The van der Waals surface area contributed by atoms with Crippen molar-refractivity contribution in [3.05, 3.63) is 59.2 Å². The fraction of sp³-hybridized carbons (Fsp3) is 0.565. The van der Waals surface area contributed by atoms with Crippen LogP contribution in [0.25, 0.3) is 0 Å². The molecule has 0 saturated heterocycles. The maximum atomic E-state index is 4.28. The molecule has 4 atom stereocenters. The molecule has 0 aliphatic heterocycles. The topological polar surface area (TPSA) is 0 Å². The third-order valence-electron chi connectivity index (χ3n) is 6.01. The third kappa shape index (κ3) is 3.79. The quantitative estimate of drug-likeness (QED) is 0.474. The smallest absolute Gasteiger partial charge is 0.0151 e. The number of aryl methyl sites for hydroxylation is 1. The van der Waals surface area contributed by atoms with Crippen LogP contribution in [-0.2, 0) is 6.42 Å². The number of fused-ring (bicyclic) bond motifs is 1. The normalized spacial score (nSPS) is 24.3. The zero-order valence-electron chi connectivity index (χ0n) is 15.8. The van der Waals surface area contributed by atoms with Crippen LogP contribution in [0.2, 0.25) is 0 Å². The molecule has 0 bridgehead atoms. The van der Waals surface area contributed by atoms with Gasteiger partial charge < -0.3 is 0 Å².